The van der Waals surface area contributed by atoms with E-state index in [1.807, 2.05) is 6.07 Å². The van der Waals surface area contributed by atoms with Gasteiger partial charge in [0.2, 0.25) is 0 Å². The third-order valence-electron chi connectivity index (χ3n) is 5.28. The minimum atomic E-state index is 0.525. The molecule has 3 heteroatoms. The lowest BCUT2D eigenvalue weighted by molar-refractivity contribution is 0.213. The molecule has 1 aliphatic rings. The Morgan fingerprint density at radius 2 is 2.22 bits per heavy atom. The van der Waals surface area contributed by atoms with E-state index in [-0.39, 0.29) is 0 Å². The van der Waals surface area contributed by atoms with Gasteiger partial charge < -0.3 is 14.1 Å². The topological polar surface area (TPSA) is 25.6 Å². The minimum absolute atomic E-state index is 0.525. The quantitative estimate of drug-likeness (QED) is 0.796. The maximum atomic E-state index is 5.45. The van der Waals surface area contributed by atoms with Gasteiger partial charge in [-0.05, 0) is 74.5 Å². The van der Waals surface area contributed by atoms with Crippen LogP contribution in [0.15, 0.2) is 41.0 Å². The molecule has 124 valence electrons. The van der Waals surface area contributed by atoms with Gasteiger partial charge in [-0.1, -0.05) is 6.07 Å². The summed E-state index contributed by atoms with van der Waals surface area (Å²) in [5, 5.41) is 0. The summed E-state index contributed by atoms with van der Waals surface area (Å²) < 4.78 is 10.8. The highest BCUT2D eigenvalue weighted by atomic mass is 16.5. The zero-order valence-electron chi connectivity index (χ0n) is 14.4. The Bertz CT molecular complexity index is 621. The van der Waals surface area contributed by atoms with Crippen molar-refractivity contribution in [2.45, 2.75) is 44.6 Å². The number of aryl methyl sites for hydroxylation is 1. The van der Waals surface area contributed by atoms with Gasteiger partial charge in [-0.25, -0.2) is 0 Å². The van der Waals surface area contributed by atoms with Gasteiger partial charge in [0, 0.05) is 19.0 Å². The van der Waals surface area contributed by atoms with Crippen LogP contribution in [-0.4, -0.2) is 31.6 Å². The largest absolute Gasteiger partial charge is 0.497 e. The first-order valence-corrected chi connectivity index (χ1v) is 8.58. The molecule has 0 saturated heterocycles. The highest BCUT2D eigenvalue weighted by Crippen LogP contribution is 2.37. The Balaban J connectivity index is 1.69. The second-order valence-electron chi connectivity index (χ2n) is 6.61. The van der Waals surface area contributed by atoms with Gasteiger partial charge in [-0.3, -0.25) is 0 Å². The molecule has 3 rings (SSSR count). The Morgan fingerprint density at radius 1 is 1.35 bits per heavy atom. The molecule has 0 amide bonds. The van der Waals surface area contributed by atoms with Crippen LogP contribution < -0.4 is 4.74 Å². The van der Waals surface area contributed by atoms with Crippen molar-refractivity contribution in [3.05, 3.63) is 53.5 Å². The number of hydrogen-bond donors (Lipinski definition) is 0. The van der Waals surface area contributed by atoms with E-state index < -0.39 is 0 Å². The van der Waals surface area contributed by atoms with Crippen LogP contribution in [0.2, 0.25) is 0 Å². The number of furan rings is 1. The molecule has 0 spiro atoms. The number of hydrogen-bond acceptors (Lipinski definition) is 3. The van der Waals surface area contributed by atoms with E-state index in [0.717, 1.165) is 24.5 Å². The van der Waals surface area contributed by atoms with E-state index in [9.17, 15) is 0 Å². The standard InChI is InChI=1S/C20H27NO2/c1-15(21(2)12-11-17-7-5-13-23-17)19-8-4-6-16-14-18(22-3)9-10-20(16)19/h5,7,9-10,13-15,19H,4,6,8,11-12H2,1-3H3. The fraction of sp³-hybridized carbons (Fsp3) is 0.500. The van der Waals surface area contributed by atoms with Crippen molar-refractivity contribution in [3.8, 4) is 5.75 Å². The van der Waals surface area contributed by atoms with Crippen LogP contribution in [0.25, 0.3) is 0 Å². The molecule has 0 bridgehead atoms. The molecule has 1 heterocycles. The third-order valence-corrected chi connectivity index (χ3v) is 5.28. The van der Waals surface area contributed by atoms with E-state index in [0.29, 0.717) is 12.0 Å². The van der Waals surface area contributed by atoms with E-state index in [4.69, 9.17) is 9.15 Å². The van der Waals surface area contributed by atoms with Crippen LogP contribution in [0.4, 0.5) is 0 Å². The minimum Gasteiger partial charge on any atom is -0.497 e. The van der Waals surface area contributed by atoms with Gasteiger partial charge in [0.05, 0.1) is 13.4 Å². The van der Waals surface area contributed by atoms with Crippen LogP contribution in [-0.2, 0) is 12.8 Å². The second kappa shape index (κ2) is 7.22. The average molecular weight is 313 g/mol. The number of benzene rings is 1. The van der Waals surface area contributed by atoms with Crippen molar-refractivity contribution in [2.75, 3.05) is 20.7 Å². The second-order valence-corrected chi connectivity index (χ2v) is 6.61. The molecule has 0 N–H and O–H groups in total. The lowest BCUT2D eigenvalue weighted by Gasteiger charge is -2.36. The number of ether oxygens (including phenoxy) is 1. The predicted molar refractivity (Wildman–Crippen MR) is 93.2 cm³/mol. The Labute approximate surface area is 139 Å². The molecule has 2 aromatic rings. The summed E-state index contributed by atoms with van der Waals surface area (Å²) in [4.78, 5) is 2.46. The van der Waals surface area contributed by atoms with Crippen molar-refractivity contribution < 1.29 is 9.15 Å². The molecule has 2 atom stereocenters. The molecule has 0 aliphatic heterocycles. The lowest BCUT2D eigenvalue weighted by atomic mass is 9.78. The normalized spacial score (nSPS) is 18.7. The fourth-order valence-corrected chi connectivity index (χ4v) is 3.71. The maximum Gasteiger partial charge on any atom is 0.119 e. The summed E-state index contributed by atoms with van der Waals surface area (Å²) in [5.41, 5.74) is 2.97. The van der Waals surface area contributed by atoms with Crippen molar-refractivity contribution in [1.82, 2.24) is 4.90 Å². The summed E-state index contributed by atoms with van der Waals surface area (Å²) in [5.74, 6) is 2.65. The van der Waals surface area contributed by atoms with Crippen molar-refractivity contribution in [1.29, 1.82) is 0 Å². The molecule has 1 aliphatic carbocycles. The molecule has 0 saturated carbocycles. The fourth-order valence-electron chi connectivity index (χ4n) is 3.71. The van der Waals surface area contributed by atoms with Gasteiger partial charge in [0.15, 0.2) is 0 Å². The first kappa shape index (κ1) is 16.1. The lowest BCUT2D eigenvalue weighted by Crippen LogP contribution is -2.37. The van der Waals surface area contributed by atoms with Gasteiger partial charge >= 0.3 is 0 Å². The number of nitrogens with zero attached hydrogens (tertiary/aromatic N) is 1. The molecule has 23 heavy (non-hydrogen) atoms. The zero-order valence-corrected chi connectivity index (χ0v) is 14.4. The summed E-state index contributed by atoms with van der Waals surface area (Å²) >= 11 is 0. The molecule has 1 aromatic heterocycles. The highest BCUT2D eigenvalue weighted by molar-refractivity contribution is 5.40. The van der Waals surface area contributed by atoms with Crippen molar-refractivity contribution in [3.63, 3.8) is 0 Å². The molecule has 1 aromatic carbocycles. The molecule has 0 fully saturated rings. The Morgan fingerprint density at radius 3 is 2.96 bits per heavy atom. The number of fused-ring (bicyclic) bond motifs is 1. The number of methoxy groups -OCH3 is 1. The van der Waals surface area contributed by atoms with E-state index in [1.165, 1.54) is 30.4 Å². The zero-order chi connectivity index (χ0) is 16.2. The van der Waals surface area contributed by atoms with Gasteiger partial charge in [0.25, 0.3) is 0 Å². The molecule has 2 unspecified atom stereocenters. The van der Waals surface area contributed by atoms with Crippen LogP contribution in [0.1, 0.15) is 42.6 Å². The summed E-state index contributed by atoms with van der Waals surface area (Å²) in [6.45, 7) is 3.38. The van der Waals surface area contributed by atoms with E-state index in [1.54, 1.807) is 13.4 Å². The maximum absolute atomic E-state index is 5.45. The predicted octanol–water partition coefficient (Wildman–Crippen LogP) is 4.27. The van der Waals surface area contributed by atoms with Crippen LogP contribution in [0.5, 0.6) is 5.75 Å². The highest BCUT2D eigenvalue weighted by Gasteiger charge is 2.27. The molecule has 3 nitrogen and oxygen atoms in total. The van der Waals surface area contributed by atoms with Gasteiger partial charge in [-0.15, -0.1) is 0 Å². The Kier molecular flexibility index (Phi) is 5.06. The summed E-state index contributed by atoms with van der Waals surface area (Å²) in [7, 11) is 3.97. The molecular formula is C20H27NO2. The van der Waals surface area contributed by atoms with Crippen LogP contribution in [0, 0.1) is 0 Å². The SMILES string of the molecule is COc1ccc2c(c1)CCCC2C(C)N(C)CCc1ccco1. The Hall–Kier alpha value is -1.74. The van der Waals surface area contributed by atoms with Gasteiger partial charge in [-0.2, -0.15) is 0 Å². The number of likely N-dealkylation sites (N-methyl/N-ethyl adjacent to an activating group) is 1. The number of rotatable bonds is 6. The monoisotopic (exact) mass is 313 g/mol. The smallest absolute Gasteiger partial charge is 0.119 e. The molecular weight excluding hydrogens is 286 g/mol. The summed E-state index contributed by atoms with van der Waals surface area (Å²) in [6.07, 6.45) is 6.43. The molecule has 0 radical (unpaired) electrons. The first-order chi connectivity index (χ1) is 11.2. The third kappa shape index (κ3) is 3.61. The van der Waals surface area contributed by atoms with E-state index in [2.05, 4.69) is 43.1 Å². The van der Waals surface area contributed by atoms with Crippen molar-refractivity contribution in [2.24, 2.45) is 0 Å². The van der Waals surface area contributed by atoms with E-state index >= 15 is 0 Å². The first-order valence-electron chi connectivity index (χ1n) is 8.58. The van der Waals surface area contributed by atoms with Crippen LogP contribution >= 0.6 is 0 Å². The van der Waals surface area contributed by atoms with Crippen LogP contribution in [0.3, 0.4) is 0 Å². The van der Waals surface area contributed by atoms with Gasteiger partial charge in [0.1, 0.15) is 11.5 Å². The summed E-state index contributed by atoms with van der Waals surface area (Å²) in [6, 6.07) is 11.1. The van der Waals surface area contributed by atoms with Crippen molar-refractivity contribution >= 4 is 0 Å². The average Bonchev–Trinajstić information content (AvgIpc) is 3.11.